The van der Waals surface area contributed by atoms with Crippen LogP contribution >= 0.6 is 0 Å². The normalized spacial score (nSPS) is 21.9. The Morgan fingerprint density at radius 1 is 1.00 bits per heavy atom. The highest BCUT2D eigenvalue weighted by Crippen LogP contribution is 2.44. The number of carbonyl (C=O) groups is 4. The van der Waals surface area contributed by atoms with Crippen LogP contribution in [0.25, 0.3) is 11.1 Å². The second-order valence-electron chi connectivity index (χ2n) is 8.76. The number of aliphatic carboxylic acids is 1. The molecule has 2 aromatic rings. The van der Waals surface area contributed by atoms with E-state index < -0.39 is 30.1 Å². The molecule has 2 saturated heterocycles. The number of fused-ring (bicyclic) bond motifs is 4. The van der Waals surface area contributed by atoms with Crippen LogP contribution in [0.4, 0.5) is 4.79 Å². The molecule has 1 aliphatic carbocycles. The molecule has 3 amide bonds. The number of rotatable bonds is 4. The van der Waals surface area contributed by atoms with E-state index >= 15 is 0 Å². The van der Waals surface area contributed by atoms with Gasteiger partial charge in [-0.2, -0.15) is 0 Å². The second-order valence-corrected chi connectivity index (χ2v) is 8.76. The fraction of sp³-hybridized carbons (Fsp3) is 0.360. The third-order valence-electron chi connectivity index (χ3n) is 6.78. The molecular weight excluding hydrogens is 438 g/mol. The van der Waals surface area contributed by atoms with E-state index in [-0.39, 0.29) is 44.2 Å². The molecule has 9 heteroatoms. The van der Waals surface area contributed by atoms with Crippen molar-refractivity contribution in [3.05, 3.63) is 59.7 Å². The van der Waals surface area contributed by atoms with Crippen molar-refractivity contribution in [3.8, 4) is 11.1 Å². The van der Waals surface area contributed by atoms with Gasteiger partial charge in [-0.1, -0.05) is 48.5 Å². The minimum absolute atomic E-state index is 0.0307. The first-order valence-corrected chi connectivity index (χ1v) is 11.4. The van der Waals surface area contributed by atoms with Gasteiger partial charge < -0.3 is 15.2 Å². The van der Waals surface area contributed by atoms with Gasteiger partial charge in [0.1, 0.15) is 12.6 Å². The van der Waals surface area contributed by atoms with Crippen LogP contribution in [0.3, 0.4) is 0 Å². The highest BCUT2D eigenvalue weighted by atomic mass is 16.5. The van der Waals surface area contributed by atoms with Gasteiger partial charge in [0.2, 0.25) is 5.91 Å². The number of nitrogens with zero attached hydrogens (tertiary/aromatic N) is 2. The number of carbonyl (C=O) groups excluding carboxylic acids is 3. The van der Waals surface area contributed by atoms with Crippen molar-refractivity contribution < 1.29 is 29.0 Å². The summed E-state index contributed by atoms with van der Waals surface area (Å²) in [6, 6.07) is 13.8. The first kappa shape index (κ1) is 21.9. The molecule has 3 aliphatic rings. The van der Waals surface area contributed by atoms with Gasteiger partial charge in [-0.15, -0.1) is 0 Å². The zero-order valence-electron chi connectivity index (χ0n) is 18.5. The number of carboxylic acids is 1. The van der Waals surface area contributed by atoms with E-state index in [0.717, 1.165) is 27.3 Å². The molecule has 2 atom stereocenters. The summed E-state index contributed by atoms with van der Waals surface area (Å²) in [6.45, 7) is 0.374. The summed E-state index contributed by atoms with van der Waals surface area (Å²) < 4.78 is 5.53. The topological polar surface area (TPSA) is 116 Å². The standard InChI is InChI=1S/C25H25N3O6/c29-22-12-11-20(23(30)28-21(24(31)32)10-5-13-27(22)28)26-25(33)34-14-19-17-8-3-1-6-15(17)16-7-2-4-9-18(16)19/h1-4,6-9,19-21H,5,10-14H2,(H,26,33)(H,31,32)/t20-,21-/m0/s1. The number of benzene rings is 2. The smallest absolute Gasteiger partial charge is 0.407 e. The van der Waals surface area contributed by atoms with Crippen molar-refractivity contribution in [1.29, 1.82) is 0 Å². The van der Waals surface area contributed by atoms with Crippen LogP contribution < -0.4 is 5.32 Å². The monoisotopic (exact) mass is 463 g/mol. The van der Waals surface area contributed by atoms with Crippen LogP contribution in [0.1, 0.15) is 42.7 Å². The van der Waals surface area contributed by atoms with Crippen LogP contribution in [-0.4, -0.2) is 64.2 Å². The minimum atomic E-state index is -1.17. The third-order valence-corrected chi connectivity index (χ3v) is 6.78. The number of alkyl carbamates (subject to hydrolysis) is 1. The van der Waals surface area contributed by atoms with E-state index in [2.05, 4.69) is 5.32 Å². The molecule has 0 bridgehead atoms. The summed E-state index contributed by atoms with van der Waals surface area (Å²) in [7, 11) is 0. The average molecular weight is 463 g/mol. The van der Waals surface area contributed by atoms with Gasteiger partial charge in [-0.3, -0.25) is 14.6 Å². The van der Waals surface area contributed by atoms with E-state index in [1.54, 1.807) is 0 Å². The maximum absolute atomic E-state index is 13.2. The number of carboxylic acid groups (broad SMARTS) is 1. The molecule has 2 fully saturated rings. The summed E-state index contributed by atoms with van der Waals surface area (Å²) in [5.74, 6) is -2.23. The second kappa shape index (κ2) is 8.81. The van der Waals surface area contributed by atoms with Gasteiger partial charge in [0, 0.05) is 18.9 Å². The van der Waals surface area contributed by atoms with Crippen molar-refractivity contribution in [1.82, 2.24) is 15.3 Å². The first-order chi connectivity index (χ1) is 16.5. The lowest BCUT2D eigenvalue weighted by molar-refractivity contribution is -0.180. The SMILES string of the molecule is O=C(N[C@H]1CCC(=O)N2CCC[C@@H](C(=O)O)N2C1=O)OCC1c2ccccc2-c2ccccc21. The Balaban J connectivity index is 1.29. The minimum Gasteiger partial charge on any atom is -0.480 e. The quantitative estimate of drug-likeness (QED) is 0.720. The van der Waals surface area contributed by atoms with E-state index in [9.17, 15) is 24.3 Å². The predicted molar refractivity (Wildman–Crippen MR) is 120 cm³/mol. The molecule has 2 N–H and O–H groups in total. The molecule has 2 aliphatic heterocycles. The lowest BCUT2D eigenvalue weighted by Crippen LogP contribution is -2.62. The Labute approximate surface area is 196 Å². The Morgan fingerprint density at radius 2 is 1.65 bits per heavy atom. The van der Waals surface area contributed by atoms with Gasteiger partial charge in [-0.25, -0.2) is 14.6 Å². The van der Waals surface area contributed by atoms with Crippen LogP contribution in [-0.2, 0) is 19.1 Å². The summed E-state index contributed by atoms with van der Waals surface area (Å²) in [5.41, 5.74) is 4.35. The molecule has 9 nitrogen and oxygen atoms in total. The predicted octanol–water partition coefficient (Wildman–Crippen LogP) is 2.51. The van der Waals surface area contributed by atoms with Gasteiger partial charge in [-0.05, 0) is 41.5 Å². The van der Waals surface area contributed by atoms with E-state index in [0.29, 0.717) is 6.42 Å². The molecule has 0 saturated carbocycles. The summed E-state index contributed by atoms with van der Waals surface area (Å²) in [6.07, 6.45) is 0.0915. The molecule has 2 heterocycles. The molecule has 5 rings (SSSR count). The molecule has 0 unspecified atom stereocenters. The van der Waals surface area contributed by atoms with E-state index in [4.69, 9.17) is 4.74 Å². The lowest BCUT2D eigenvalue weighted by Gasteiger charge is -2.41. The number of hydrazine groups is 1. The maximum atomic E-state index is 13.2. The van der Waals surface area contributed by atoms with Crippen LogP contribution in [0, 0.1) is 0 Å². The molecular formula is C25H25N3O6. The summed E-state index contributed by atoms with van der Waals surface area (Å²) >= 11 is 0. The van der Waals surface area contributed by atoms with Crippen molar-refractivity contribution >= 4 is 23.9 Å². The van der Waals surface area contributed by atoms with Gasteiger partial charge in [0.25, 0.3) is 5.91 Å². The Hall–Kier alpha value is -3.88. The fourth-order valence-electron chi connectivity index (χ4n) is 5.17. The molecule has 0 radical (unpaired) electrons. The lowest BCUT2D eigenvalue weighted by atomic mass is 9.98. The number of amides is 3. The molecule has 2 aromatic carbocycles. The Morgan fingerprint density at radius 3 is 2.29 bits per heavy atom. The summed E-state index contributed by atoms with van der Waals surface area (Å²) in [4.78, 5) is 50.1. The molecule has 0 spiro atoms. The highest BCUT2D eigenvalue weighted by molar-refractivity contribution is 5.93. The summed E-state index contributed by atoms with van der Waals surface area (Å²) in [5, 5.41) is 14.4. The van der Waals surface area contributed by atoms with Gasteiger partial charge in [0.05, 0.1) is 0 Å². The van der Waals surface area contributed by atoms with Crippen molar-refractivity contribution in [3.63, 3.8) is 0 Å². The zero-order chi connectivity index (χ0) is 23.8. The fourth-order valence-corrected chi connectivity index (χ4v) is 5.17. The van der Waals surface area contributed by atoms with Crippen molar-refractivity contribution in [2.75, 3.05) is 13.2 Å². The highest BCUT2D eigenvalue weighted by Gasteiger charge is 2.44. The number of ether oxygens (including phenoxy) is 1. The molecule has 176 valence electrons. The third kappa shape index (κ3) is 3.76. The van der Waals surface area contributed by atoms with Crippen LogP contribution in [0.2, 0.25) is 0 Å². The van der Waals surface area contributed by atoms with Crippen molar-refractivity contribution in [2.45, 2.75) is 43.7 Å². The number of hydrogen-bond acceptors (Lipinski definition) is 5. The Bertz CT molecular complexity index is 1120. The van der Waals surface area contributed by atoms with Gasteiger partial charge >= 0.3 is 12.1 Å². The van der Waals surface area contributed by atoms with Gasteiger partial charge in [0.15, 0.2) is 6.04 Å². The zero-order valence-corrected chi connectivity index (χ0v) is 18.5. The van der Waals surface area contributed by atoms with E-state index in [1.807, 2.05) is 48.5 Å². The van der Waals surface area contributed by atoms with Crippen LogP contribution in [0.5, 0.6) is 0 Å². The molecule has 0 aromatic heterocycles. The molecule has 34 heavy (non-hydrogen) atoms. The number of nitrogens with one attached hydrogen (secondary N) is 1. The maximum Gasteiger partial charge on any atom is 0.407 e. The largest absolute Gasteiger partial charge is 0.480 e. The number of hydrogen-bond donors (Lipinski definition) is 2. The first-order valence-electron chi connectivity index (χ1n) is 11.4. The van der Waals surface area contributed by atoms with E-state index in [1.165, 1.54) is 5.01 Å². The van der Waals surface area contributed by atoms with Crippen molar-refractivity contribution in [2.24, 2.45) is 0 Å². The van der Waals surface area contributed by atoms with Crippen LogP contribution in [0.15, 0.2) is 48.5 Å². The average Bonchev–Trinajstić information content (AvgIpc) is 3.11. The Kier molecular flexibility index (Phi) is 5.69.